The number of fused-ring (bicyclic) bond motifs is 18. The van der Waals surface area contributed by atoms with Crippen LogP contribution in [0.2, 0.25) is 0 Å². The van der Waals surface area contributed by atoms with Gasteiger partial charge in [0.05, 0.1) is 5.69 Å². The Balaban J connectivity index is 0.000000106. The summed E-state index contributed by atoms with van der Waals surface area (Å²) in [6.45, 7) is 38.8. The second-order valence-corrected chi connectivity index (χ2v) is 38.4. The minimum atomic E-state index is 0.335. The molecule has 12 heteroatoms. The minimum absolute atomic E-state index is 0.335. The number of benzene rings is 12. The van der Waals surface area contributed by atoms with Crippen molar-refractivity contribution >= 4 is 132 Å². The summed E-state index contributed by atoms with van der Waals surface area (Å²) >= 11 is 0. The normalized spacial score (nSPS) is 11.7. The number of para-hydroxylation sites is 6. The smallest absolute Gasteiger partial charge is 0.227 e. The molecule has 0 aliphatic rings. The summed E-state index contributed by atoms with van der Waals surface area (Å²) in [5.74, 6) is 2.42. The van der Waals surface area contributed by atoms with Gasteiger partial charge in [0.2, 0.25) is 5.71 Å². The van der Waals surface area contributed by atoms with E-state index in [1.807, 2.05) is 61.7 Å². The molecule has 12 aromatic heterocycles. The number of aromatic nitrogens is 6. The zero-order valence-electron chi connectivity index (χ0n) is 81.8. The fourth-order valence-electron chi connectivity index (χ4n) is 19.0. The third-order valence-electron chi connectivity index (χ3n) is 26.2. The molecule has 0 unspecified atom stereocenters. The molecular weight excluding hydrogens is 1690 g/mol. The van der Waals surface area contributed by atoms with Gasteiger partial charge in [-0.2, -0.15) is 0 Å². The molecular formula is C126H114N6O6. The fourth-order valence-corrected chi connectivity index (χ4v) is 19.0. The van der Waals surface area contributed by atoms with Crippen molar-refractivity contribution in [2.24, 2.45) is 0 Å². The second kappa shape index (κ2) is 39.0. The lowest BCUT2D eigenvalue weighted by Crippen LogP contribution is -1.91. The Hall–Kier alpha value is -15.7. The number of hydrogen-bond acceptors (Lipinski definition) is 12. The molecule has 12 nitrogen and oxygen atoms in total. The highest BCUT2D eigenvalue weighted by Crippen LogP contribution is 2.46. The lowest BCUT2D eigenvalue weighted by molar-refractivity contribution is 0.651. The third kappa shape index (κ3) is 18.1. The Morgan fingerprint density at radius 1 is 0.196 bits per heavy atom. The molecule has 12 heterocycles. The van der Waals surface area contributed by atoms with Crippen LogP contribution in [0.15, 0.2) is 355 Å². The standard InChI is InChI=1S/6C21H19NO/c1-13(2)16-11-19-18-9-5-8-17(15-7-4-6-14(3)10-15)20(18)23-21(19)22-12-16;1-13(2)18-11-22-12-19-17-9-5-8-16(20(17)23-21(18)19)15-7-4-6-14(3)10-15;1-13(2)16-8-5-9-17-19-12-22-11-18(21(19)23-20(16)17)15-7-4-6-14(3)10-15;1-13(2)16-10-11-22-19-18-9-5-8-17(20(18)23-21(16)19)15-7-4-6-14(3)12-15;1-13(2)19-21-18(10-11-22-19)17-9-5-8-16(20(17)23-21)15-7-4-6-14(3)12-15;1-13(2)16-8-5-9-18-19-21(23-20(16)18)17(10-11-22-19)15-7-4-6-14(3)12-15/h6*4-13H,1-3H3. The molecule has 0 radical (unpaired) electrons. The van der Waals surface area contributed by atoms with Crippen LogP contribution in [0.3, 0.4) is 0 Å². The van der Waals surface area contributed by atoms with E-state index in [2.05, 4.69) is 421 Å². The average molecular weight is 1810 g/mol. The first kappa shape index (κ1) is 91.5. The Bertz CT molecular complexity index is 7670. The monoisotopic (exact) mass is 1810 g/mol. The van der Waals surface area contributed by atoms with Gasteiger partial charge in [0, 0.05) is 148 Å². The van der Waals surface area contributed by atoms with Gasteiger partial charge in [0.15, 0.2) is 16.7 Å². The Morgan fingerprint density at radius 2 is 0.514 bits per heavy atom. The van der Waals surface area contributed by atoms with Crippen LogP contribution >= 0.6 is 0 Å². The summed E-state index contributed by atoms with van der Waals surface area (Å²) in [6.07, 6.45) is 15.2. The summed E-state index contributed by atoms with van der Waals surface area (Å²) in [5, 5.41) is 11.2. The summed E-state index contributed by atoms with van der Waals surface area (Å²) in [4.78, 5) is 27.1. The lowest BCUT2D eigenvalue weighted by atomic mass is 10.00. The Labute approximate surface area is 805 Å². The van der Waals surface area contributed by atoms with Gasteiger partial charge in [0.1, 0.15) is 55.7 Å². The van der Waals surface area contributed by atoms with Crippen LogP contribution in [0.1, 0.15) is 185 Å². The van der Waals surface area contributed by atoms with Gasteiger partial charge in [0.25, 0.3) is 0 Å². The SMILES string of the molecule is Cc1cccc(-c2cccc3c2oc2c(C(C)C)ccnc23)c1.Cc1cccc(-c2cccc3c2oc2c(C(C)C)cncc23)c1.Cc1cccc(-c2cccc3c2oc2c(C(C)C)nccc23)c1.Cc1cccc(-c2cccc3c2oc2ncc(C(C)C)cc23)c1.Cc1cccc(-c2ccnc3c2oc2c(C(C)C)cccc23)c1.Cc1cccc(-c2cncc3c2oc2c(C(C)C)cccc23)c1. The molecule has 0 aliphatic heterocycles. The van der Waals surface area contributed by atoms with Gasteiger partial charge in [-0.3, -0.25) is 24.9 Å². The molecule has 0 bridgehead atoms. The summed E-state index contributed by atoms with van der Waals surface area (Å²) < 4.78 is 37.7. The van der Waals surface area contributed by atoms with Gasteiger partial charge in [-0.15, -0.1) is 0 Å². The molecule has 0 spiro atoms. The zero-order valence-corrected chi connectivity index (χ0v) is 81.8. The maximum absolute atomic E-state index is 6.33. The van der Waals surface area contributed by atoms with Crippen molar-refractivity contribution in [3.63, 3.8) is 0 Å². The lowest BCUT2D eigenvalue weighted by Gasteiger charge is -2.04. The van der Waals surface area contributed by atoms with Crippen LogP contribution in [-0.2, 0) is 0 Å². The van der Waals surface area contributed by atoms with Crippen molar-refractivity contribution in [2.45, 2.75) is 160 Å². The number of furan rings is 6. The number of hydrogen-bond donors (Lipinski definition) is 0. The van der Waals surface area contributed by atoms with Crippen molar-refractivity contribution in [1.82, 2.24) is 29.9 Å². The van der Waals surface area contributed by atoms with Gasteiger partial charge < -0.3 is 26.5 Å². The number of pyridine rings is 6. The summed E-state index contributed by atoms with van der Waals surface area (Å²) in [7, 11) is 0. The van der Waals surface area contributed by atoms with E-state index < -0.39 is 0 Å². The summed E-state index contributed by atoms with van der Waals surface area (Å²) in [5.41, 5.74) is 41.2. The predicted molar refractivity (Wildman–Crippen MR) is 575 cm³/mol. The van der Waals surface area contributed by atoms with Crippen molar-refractivity contribution in [2.75, 3.05) is 0 Å². The van der Waals surface area contributed by atoms with E-state index in [9.17, 15) is 0 Å². The minimum Gasteiger partial charge on any atom is -0.455 e. The van der Waals surface area contributed by atoms with Gasteiger partial charge >= 0.3 is 0 Å². The molecule has 0 N–H and O–H groups in total. The summed E-state index contributed by atoms with van der Waals surface area (Å²) in [6, 6.07) is 97.4. The highest BCUT2D eigenvalue weighted by molar-refractivity contribution is 6.15. The van der Waals surface area contributed by atoms with Crippen LogP contribution in [0, 0.1) is 41.5 Å². The van der Waals surface area contributed by atoms with Crippen molar-refractivity contribution < 1.29 is 26.5 Å². The molecule has 24 aromatic rings. The average Bonchev–Trinajstić information content (AvgIpc) is 1.63. The first-order valence-corrected chi connectivity index (χ1v) is 48.1. The first-order valence-electron chi connectivity index (χ1n) is 48.1. The fraction of sp³-hybridized carbons (Fsp3) is 0.190. The highest BCUT2D eigenvalue weighted by atomic mass is 16.4. The predicted octanol–water partition coefficient (Wildman–Crippen LogP) is 36.5. The van der Waals surface area contributed by atoms with Crippen LogP contribution < -0.4 is 0 Å². The van der Waals surface area contributed by atoms with E-state index in [1.165, 1.54) is 83.5 Å². The molecule has 138 heavy (non-hydrogen) atoms. The van der Waals surface area contributed by atoms with Crippen LogP contribution in [-0.4, -0.2) is 29.9 Å². The van der Waals surface area contributed by atoms with Crippen LogP contribution in [0.25, 0.3) is 199 Å². The topological polar surface area (TPSA) is 156 Å². The van der Waals surface area contributed by atoms with E-state index in [1.54, 1.807) is 0 Å². The van der Waals surface area contributed by atoms with Crippen LogP contribution in [0.5, 0.6) is 0 Å². The number of rotatable bonds is 12. The first-order chi connectivity index (χ1) is 66.9. The molecule has 0 saturated carbocycles. The van der Waals surface area contributed by atoms with E-state index >= 15 is 0 Å². The molecule has 0 amide bonds. The number of nitrogens with zero attached hydrogens (tertiary/aromatic N) is 6. The maximum atomic E-state index is 6.33. The quantitative estimate of drug-likeness (QED) is 0.114. The Morgan fingerprint density at radius 3 is 0.978 bits per heavy atom. The van der Waals surface area contributed by atoms with E-state index in [0.29, 0.717) is 41.2 Å². The zero-order chi connectivity index (χ0) is 95.8. The molecule has 24 rings (SSSR count). The highest BCUT2D eigenvalue weighted by Gasteiger charge is 2.25. The number of aryl methyl sites for hydroxylation is 6. The Kier molecular flexibility index (Phi) is 25.8. The van der Waals surface area contributed by atoms with E-state index in [4.69, 9.17) is 26.5 Å². The third-order valence-corrected chi connectivity index (χ3v) is 26.2. The molecule has 0 atom stereocenters. The van der Waals surface area contributed by atoms with Crippen molar-refractivity contribution in [1.29, 1.82) is 0 Å². The molecule has 0 aliphatic carbocycles. The van der Waals surface area contributed by atoms with Crippen LogP contribution in [0.4, 0.5) is 0 Å². The van der Waals surface area contributed by atoms with Gasteiger partial charge in [-0.25, -0.2) is 4.98 Å². The van der Waals surface area contributed by atoms with Gasteiger partial charge in [-0.05, 0) is 164 Å². The molecule has 0 fully saturated rings. The van der Waals surface area contributed by atoms with Crippen molar-refractivity contribution in [3.8, 4) is 66.8 Å². The van der Waals surface area contributed by atoms with E-state index in [-0.39, 0.29) is 0 Å². The largest absolute Gasteiger partial charge is 0.455 e. The molecule has 684 valence electrons. The second-order valence-electron chi connectivity index (χ2n) is 38.4. The van der Waals surface area contributed by atoms with Gasteiger partial charge in [-0.1, -0.05) is 359 Å². The van der Waals surface area contributed by atoms with Crippen molar-refractivity contribution in [3.05, 3.63) is 396 Å². The maximum Gasteiger partial charge on any atom is 0.227 e. The van der Waals surface area contributed by atoms with E-state index in [0.717, 1.165) is 177 Å². The molecule has 12 aromatic carbocycles. The molecule has 0 saturated heterocycles.